The van der Waals surface area contributed by atoms with Gasteiger partial charge in [-0.15, -0.1) is 0 Å². The van der Waals surface area contributed by atoms with Crippen LogP contribution in [0.2, 0.25) is 0 Å². The molecule has 1 rings (SSSR count). The third kappa shape index (κ3) is 19.0. The van der Waals surface area contributed by atoms with Crippen LogP contribution in [0.4, 0.5) is 25.2 Å². The molecule has 0 radical (unpaired) electrons. The molecule has 21 heavy (non-hydrogen) atoms. The zero-order valence-corrected chi connectivity index (χ0v) is 12.8. The van der Waals surface area contributed by atoms with E-state index in [-0.39, 0.29) is 0 Å². The Hall–Kier alpha value is -1.04. The first-order valence-corrected chi connectivity index (χ1v) is 8.56. The number of aryl methyl sites for hydroxylation is 1. The summed E-state index contributed by atoms with van der Waals surface area (Å²) in [6, 6.07) is 0. The summed E-state index contributed by atoms with van der Waals surface area (Å²) in [5.74, 6) is 0. The molecule has 0 fully saturated rings. The molecule has 0 atom stereocenters. The molecule has 0 spiro atoms. The number of halogens is 6. The fraction of sp³-hybridized carbons (Fsp3) is 0.583. The number of aromatic nitrogens is 2. The van der Waals surface area contributed by atoms with Crippen molar-refractivity contribution in [3.05, 3.63) is 31.4 Å². The predicted molar refractivity (Wildman–Crippen MR) is 72.5 cm³/mol. The maximum atomic E-state index is 9.87. The molecular weight excluding hydrogens is 317 g/mol. The first-order valence-electron chi connectivity index (χ1n) is 6.54. The fourth-order valence-corrected chi connectivity index (χ4v) is 1.55. The van der Waals surface area contributed by atoms with Crippen LogP contribution >= 0.6 is 7.81 Å². The Balaban J connectivity index is 0.000000486. The van der Waals surface area contributed by atoms with Crippen molar-refractivity contribution in [1.82, 2.24) is 4.57 Å². The standard InChI is InChI=1S/C12H21N2.F6P/c1-3-5-6-7-9-14-11-10-13(12-14)8-4-2;1-7(2,3,4,5)6/h4,10-12H,2-3,5-9H2,1H3;/q+1;-1. The molecule has 0 amide bonds. The van der Waals surface area contributed by atoms with Gasteiger partial charge in [-0.1, -0.05) is 32.4 Å². The number of rotatable bonds is 7. The van der Waals surface area contributed by atoms with Crippen LogP contribution in [0.1, 0.15) is 32.6 Å². The van der Waals surface area contributed by atoms with Crippen LogP contribution in [0, 0.1) is 0 Å². The van der Waals surface area contributed by atoms with Gasteiger partial charge in [0.2, 0.25) is 6.33 Å². The molecule has 1 aromatic heterocycles. The first kappa shape index (κ1) is 20.0. The topological polar surface area (TPSA) is 8.81 Å². The molecule has 0 saturated carbocycles. The second-order valence-corrected chi connectivity index (χ2v) is 6.57. The van der Waals surface area contributed by atoms with Gasteiger partial charge >= 0.3 is 33.0 Å². The molecule has 0 aromatic carbocycles. The molecule has 0 N–H and O–H groups in total. The molecule has 126 valence electrons. The van der Waals surface area contributed by atoms with Crippen LogP contribution in [0.15, 0.2) is 31.4 Å². The van der Waals surface area contributed by atoms with Crippen LogP contribution < -0.4 is 4.57 Å². The van der Waals surface area contributed by atoms with Crippen LogP contribution in [0.3, 0.4) is 0 Å². The van der Waals surface area contributed by atoms with Crippen molar-refractivity contribution in [2.45, 2.75) is 45.7 Å². The molecule has 0 saturated heterocycles. The summed E-state index contributed by atoms with van der Waals surface area (Å²) >= 11 is 0. The van der Waals surface area contributed by atoms with Crippen molar-refractivity contribution in [1.29, 1.82) is 0 Å². The normalized spacial score (nSPS) is 14.6. The minimum atomic E-state index is -10.7. The van der Waals surface area contributed by atoms with Gasteiger partial charge in [0, 0.05) is 0 Å². The number of unbranched alkanes of at least 4 members (excludes halogenated alkanes) is 3. The first-order chi connectivity index (χ1) is 9.31. The van der Waals surface area contributed by atoms with E-state index in [4.69, 9.17) is 0 Å². The molecule has 9 heteroatoms. The van der Waals surface area contributed by atoms with Crippen LogP contribution in [0.5, 0.6) is 0 Å². The zero-order valence-electron chi connectivity index (χ0n) is 11.9. The van der Waals surface area contributed by atoms with Gasteiger partial charge in [0.25, 0.3) is 0 Å². The van der Waals surface area contributed by atoms with Gasteiger partial charge < -0.3 is 0 Å². The van der Waals surface area contributed by atoms with Gasteiger partial charge in [-0.25, -0.2) is 9.13 Å². The Labute approximate surface area is 120 Å². The monoisotopic (exact) mass is 338 g/mol. The van der Waals surface area contributed by atoms with E-state index in [1.807, 2.05) is 6.08 Å². The molecular formula is C12H21F6N2P. The maximum absolute atomic E-state index is 10.7. The third-order valence-corrected chi connectivity index (χ3v) is 2.36. The van der Waals surface area contributed by atoms with Gasteiger partial charge in [-0.2, -0.15) is 0 Å². The molecule has 0 unspecified atom stereocenters. The van der Waals surface area contributed by atoms with Gasteiger partial charge in [0.1, 0.15) is 18.9 Å². The van der Waals surface area contributed by atoms with Gasteiger partial charge in [0.05, 0.1) is 6.54 Å². The Kier molecular flexibility index (Phi) is 6.48. The van der Waals surface area contributed by atoms with E-state index in [0.29, 0.717) is 0 Å². The van der Waals surface area contributed by atoms with Gasteiger partial charge in [-0.3, -0.25) is 0 Å². The second kappa shape index (κ2) is 6.81. The quantitative estimate of drug-likeness (QED) is 0.192. The van der Waals surface area contributed by atoms with Crippen LogP contribution in [-0.4, -0.2) is 4.57 Å². The Bertz CT molecular complexity index is 425. The average Bonchev–Trinajstić information content (AvgIpc) is 2.69. The summed E-state index contributed by atoms with van der Waals surface area (Å²) in [5.41, 5.74) is 0. The summed E-state index contributed by atoms with van der Waals surface area (Å²) in [6.07, 6.45) is 13.6. The Morgan fingerprint density at radius 3 is 2.14 bits per heavy atom. The van der Waals surface area contributed by atoms with Crippen LogP contribution in [0.25, 0.3) is 0 Å². The van der Waals surface area contributed by atoms with Gasteiger partial charge in [0.15, 0.2) is 0 Å². The van der Waals surface area contributed by atoms with Crippen molar-refractivity contribution in [3.8, 4) is 0 Å². The fourth-order valence-electron chi connectivity index (χ4n) is 1.55. The molecule has 0 aliphatic rings. The molecule has 2 nitrogen and oxygen atoms in total. The predicted octanol–water partition coefficient (Wildman–Crippen LogP) is 5.92. The SMILES string of the molecule is C=CCn1cc[n+](CCCCCC)c1.F[P-](F)(F)(F)(F)F. The average molecular weight is 338 g/mol. The third-order valence-electron chi connectivity index (χ3n) is 2.36. The summed E-state index contributed by atoms with van der Waals surface area (Å²) in [7, 11) is -10.7. The van der Waals surface area contributed by atoms with E-state index in [1.165, 1.54) is 25.7 Å². The summed E-state index contributed by atoms with van der Waals surface area (Å²) in [5, 5.41) is 0. The van der Waals surface area contributed by atoms with Crippen molar-refractivity contribution in [3.63, 3.8) is 0 Å². The molecule has 1 aromatic rings. The van der Waals surface area contributed by atoms with Crippen molar-refractivity contribution >= 4 is 7.81 Å². The van der Waals surface area contributed by atoms with E-state index < -0.39 is 7.81 Å². The number of allylic oxidation sites excluding steroid dienone is 1. The van der Waals surface area contributed by atoms with E-state index in [1.54, 1.807) is 0 Å². The van der Waals surface area contributed by atoms with E-state index in [0.717, 1.165) is 13.1 Å². The summed E-state index contributed by atoms with van der Waals surface area (Å²) in [4.78, 5) is 0. The van der Waals surface area contributed by atoms with E-state index >= 15 is 0 Å². The summed E-state index contributed by atoms with van der Waals surface area (Å²) < 4.78 is 63.6. The van der Waals surface area contributed by atoms with E-state index in [2.05, 4.69) is 41.4 Å². The Morgan fingerprint density at radius 1 is 1.10 bits per heavy atom. The number of nitrogens with zero attached hydrogens (tertiary/aromatic N) is 2. The number of hydrogen-bond acceptors (Lipinski definition) is 0. The minimum absolute atomic E-state index is 0.905. The Morgan fingerprint density at radius 2 is 1.67 bits per heavy atom. The number of hydrogen-bond donors (Lipinski definition) is 0. The molecule has 0 bridgehead atoms. The van der Waals surface area contributed by atoms with Gasteiger partial charge in [-0.05, 0) is 12.8 Å². The molecule has 0 aliphatic heterocycles. The summed E-state index contributed by atoms with van der Waals surface area (Å²) in [6.45, 7) is 8.01. The second-order valence-electron chi connectivity index (χ2n) is 4.66. The van der Waals surface area contributed by atoms with Crippen LogP contribution in [-0.2, 0) is 13.1 Å². The van der Waals surface area contributed by atoms with Crippen molar-refractivity contribution < 1.29 is 29.7 Å². The number of imidazole rings is 1. The van der Waals surface area contributed by atoms with E-state index in [9.17, 15) is 25.2 Å². The molecule has 0 aliphatic carbocycles. The van der Waals surface area contributed by atoms with Crippen molar-refractivity contribution in [2.24, 2.45) is 0 Å². The zero-order chi connectivity index (χ0) is 16.6. The van der Waals surface area contributed by atoms with Crippen molar-refractivity contribution in [2.75, 3.05) is 0 Å². The molecule has 1 heterocycles.